The van der Waals surface area contributed by atoms with Crippen molar-refractivity contribution in [1.29, 1.82) is 0 Å². The van der Waals surface area contributed by atoms with E-state index in [1.54, 1.807) is 11.8 Å². The molecule has 4 rings (SSSR count). The molecule has 0 amide bonds. The lowest BCUT2D eigenvalue weighted by Gasteiger charge is -2.04. The predicted molar refractivity (Wildman–Crippen MR) is 95.2 cm³/mol. The van der Waals surface area contributed by atoms with E-state index in [1.807, 2.05) is 61.5 Å². The first-order chi connectivity index (χ1) is 12.8. The first-order valence-electron chi connectivity index (χ1n) is 8.19. The van der Waals surface area contributed by atoms with Crippen molar-refractivity contribution in [2.24, 2.45) is 0 Å². The molecule has 2 aromatic heterocycles. The number of para-hydroxylation sites is 2. The summed E-state index contributed by atoms with van der Waals surface area (Å²) in [6.07, 6.45) is 0.489. The van der Waals surface area contributed by atoms with Crippen molar-refractivity contribution in [3.63, 3.8) is 0 Å². The van der Waals surface area contributed by atoms with Crippen LogP contribution < -0.4 is 4.74 Å². The van der Waals surface area contributed by atoms with Gasteiger partial charge in [-0.1, -0.05) is 46.8 Å². The van der Waals surface area contributed by atoms with Crippen LogP contribution in [-0.2, 0) is 6.42 Å². The van der Waals surface area contributed by atoms with Gasteiger partial charge in [-0.25, -0.2) is 4.68 Å². The number of rotatable bonds is 5. The summed E-state index contributed by atoms with van der Waals surface area (Å²) < 4.78 is 12.5. The van der Waals surface area contributed by atoms with Gasteiger partial charge in [-0.3, -0.25) is 0 Å². The third-order valence-electron chi connectivity index (χ3n) is 4.11. The fraction of sp³-hybridized carbons (Fsp3) is 0.158. The van der Waals surface area contributed by atoms with Gasteiger partial charge in [0.2, 0.25) is 11.7 Å². The first-order valence-corrected chi connectivity index (χ1v) is 8.19. The van der Waals surface area contributed by atoms with Crippen LogP contribution >= 0.6 is 0 Å². The molecule has 0 aliphatic rings. The van der Waals surface area contributed by atoms with E-state index >= 15 is 0 Å². The Morgan fingerprint density at radius 3 is 2.62 bits per heavy atom. The molecule has 0 atom stereocenters. The van der Waals surface area contributed by atoms with Crippen LogP contribution in [0.2, 0.25) is 0 Å². The summed E-state index contributed by atoms with van der Waals surface area (Å²) in [4.78, 5) is 4.47. The van der Waals surface area contributed by atoms with Gasteiger partial charge >= 0.3 is 0 Å². The molecule has 7 nitrogen and oxygen atoms in total. The van der Waals surface area contributed by atoms with Gasteiger partial charge in [0.15, 0.2) is 5.69 Å². The van der Waals surface area contributed by atoms with Crippen LogP contribution in [0.25, 0.3) is 17.2 Å². The van der Waals surface area contributed by atoms with Crippen molar-refractivity contribution in [1.82, 2.24) is 25.1 Å². The lowest BCUT2D eigenvalue weighted by atomic mass is 10.1. The summed E-state index contributed by atoms with van der Waals surface area (Å²) in [6.45, 7) is 1.93. The number of aromatic nitrogens is 5. The normalized spacial score (nSPS) is 10.8. The maximum atomic E-state index is 5.40. The zero-order valence-electron chi connectivity index (χ0n) is 14.5. The smallest absolute Gasteiger partial charge is 0.231 e. The summed E-state index contributed by atoms with van der Waals surface area (Å²) in [5.41, 5.74) is 3.36. The third kappa shape index (κ3) is 2.95. The standard InChI is InChI=1S/C19H17N5O2/c1-13-18(21-23-24(13)15-9-4-3-5-10-15)19-20-17(26-22-19)12-14-8-6-7-11-16(14)25-2/h3-11H,12H2,1-2H3. The molecular weight excluding hydrogens is 330 g/mol. The second kappa shape index (κ2) is 6.79. The van der Waals surface area contributed by atoms with Crippen LogP contribution in [0.1, 0.15) is 17.1 Å². The minimum absolute atomic E-state index is 0.426. The fourth-order valence-corrected chi connectivity index (χ4v) is 2.78. The Hall–Kier alpha value is -3.48. The molecule has 2 aromatic carbocycles. The average molecular weight is 347 g/mol. The van der Waals surface area contributed by atoms with Crippen molar-refractivity contribution in [2.45, 2.75) is 13.3 Å². The highest BCUT2D eigenvalue weighted by Crippen LogP contribution is 2.23. The molecule has 0 aliphatic carbocycles. The molecule has 0 bridgehead atoms. The van der Waals surface area contributed by atoms with Gasteiger partial charge < -0.3 is 9.26 Å². The van der Waals surface area contributed by atoms with Gasteiger partial charge in [-0.05, 0) is 25.1 Å². The van der Waals surface area contributed by atoms with E-state index in [9.17, 15) is 0 Å². The molecule has 0 radical (unpaired) electrons. The van der Waals surface area contributed by atoms with E-state index in [0.29, 0.717) is 23.8 Å². The summed E-state index contributed by atoms with van der Waals surface area (Å²) >= 11 is 0. The molecule has 0 spiro atoms. The van der Waals surface area contributed by atoms with E-state index in [1.165, 1.54) is 0 Å². The van der Waals surface area contributed by atoms with Gasteiger partial charge in [-0.15, -0.1) is 5.10 Å². The molecule has 4 aromatic rings. The van der Waals surface area contributed by atoms with Crippen LogP contribution in [-0.4, -0.2) is 32.2 Å². The van der Waals surface area contributed by atoms with Crippen molar-refractivity contribution in [3.05, 3.63) is 71.7 Å². The largest absolute Gasteiger partial charge is 0.496 e. The van der Waals surface area contributed by atoms with Crippen molar-refractivity contribution in [3.8, 4) is 23.0 Å². The van der Waals surface area contributed by atoms with Crippen molar-refractivity contribution >= 4 is 0 Å². The number of nitrogens with zero attached hydrogens (tertiary/aromatic N) is 5. The summed E-state index contributed by atoms with van der Waals surface area (Å²) in [5, 5.41) is 12.5. The summed E-state index contributed by atoms with van der Waals surface area (Å²) in [7, 11) is 1.64. The second-order valence-electron chi connectivity index (χ2n) is 5.77. The maximum Gasteiger partial charge on any atom is 0.231 e. The third-order valence-corrected chi connectivity index (χ3v) is 4.11. The highest BCUT2D eigenvalue weighted by Gasteiger charge is 2.18. The molecule has 26 heavy (non-hydrogen) atoms. The quantitative estimate of drug-likeness (QED) is 0.551. The highest BCUT2D eigenvalue weighted by molar-refractivity contribution is 5.53. The molecule has 0 fully saturated rings. The molecule has 2 heterocycles. The van der Waals surface area contributed by atoms with Gasteiger partial charge in [0.1, 0.15) is 5.75 Å². The molecule has 0 saturated carbocycles. The lowest BCUT2D eigenvalue weighted by Crippen LogP contribution is -1.98. The first kappa shape index (κ1) is 16.0. The monoisotopic (exact) mass is 347 g/mol. The SMILES string of the molecule is COc1ccccc1Cc1nc(-c2nnn(-c3ccccc3)c2C)no1. The number of hydrogen-bond donors (Lipinski definition) is 0. The van der Waals surface area contributed by atoms with Crippen LogP contribution in [0.5, 0.6) is 5.75 Å². The Labute approximate surface area is 150 Å². The Morgan fingerprint density at radius 2 is 1.81 bits per heavy atom. The average Bonchev–Trinajstić information content (AvgIpc) is 3.29. The molecule has 130 valence electrons. The van der Waals surface area contributed by atoms with Gasteiger partial charge in [0, 0.05) is 5.56 Å². The van der Waals surface area contributed by atoms with Gasteiger partial charge in [0.05, 0.1) is 24.9 Å². The molecular formula is C19H17N5O2. The predicted octanol–water partition coefficient (Wildman–Crippen LogP) is 3.23. The zero-order chi connectivity index (χ0) is 17.9. The van der Waals surface area contributed by atoms with Crippen LogP contribution in [0.15, 0.2) is 59.1 Å². The maximum absolute atomic E-state index is 5.40. The fourth-order valence-electron chi connectivity index (χ4n) is 2.78. The minimum Gasteiger partial charge on any atom is -0.496 e. The van der Waals surface area contributed by atoms with Gasteiger partial charge in [0.25, 0.3) is 0 Å². The Kier molecular flexibility index (Phi) is 4.18. The number of benzene rings is 2. The molecule has 0 saturated heterocycles. The lowest BCUT2D eigenvalue weighted by molar-refractivity contribution is 0.379. The highest BCUT2D eigenvalue weighted by atomic mass is 16.5. The minimum atomic E-state index is 0.426. The molecule has 0 N–H and O–H groups in total. The number of methoxy groups -OCH3 is 1. The van der Waals surface area contributed by atoms with Crippen LogP contribution in [0, 0.1) is 6.92 Å². The molecule has 7 heteroatoms. The Morgan fingerprint density at radius 1 is 1.04 bits per heavy atom. The van der Waals surface area contributed by atoms with Gasteiger partial charge in [-0.2, -0.15) is 4.98 Å². The zero-order valence-corrected chi connectivity index (χ0v) is 14.5. The van der Waals surface area contributed by atoms with E-state index in [-0.39, 0.29) is 0 Å². The Bertz CT molecular complexity index is 1020. The number of ether oxygens (including phenoxy) is 1. The van der Waals surface area contributed by atoms with Crippen molar-refractivity contribution in [2.75, 3.05) is 7.11 Å². The molecule has 0 aliphatic heterocycles. The summed E-state index contributed by atoms with van der Waals surface area (Å²) in [5.74, 6) is 1.71. The van der Waals surface area contributed by atoms with E-state index < -0.39 is 0 Å². The Balaban J connectivity index is 1.62. The second-order valence-corrected chi connectivity index (χ2v) is 5.77. The summed E-state index contributed by atoms with van der Waals surface area (Å²) in [6, 6.07) is 17.6. The van der Waals surface area contributed by atoms with Crippen LogP contribution in [0.4, 0.5) is 0 Å². The van der Waals surface area contributed by atoms with Crippen LogP contribution in [0.3, 0.4) is 0 Å². The van der Waals surface area contributed by atoms with E-state index in [2.05, 4.69) is 20.5 Å². The van der Waals surface area contributed by atoms with E-state index in [4.69, 9.17) is 9.26 Å². The topological polar surface area (TPSA) is 78.9 Å². The van der Waals surface area contributed by atoms with E-state index in [0.717, 1.165) is 22.7 Å². The van der Waals surface area contributed by atoms with Crippen molar-refractivity contribution < 1.29 is 9.26 Å². The molecule has 0 unspecified atom stereocenters. The number of hydrogen-bond acceptors (Lipinski definition) is 6.